The zero-order valence-electron chi connectivity index (χ0n) is 16.1. The van der Waals surface area contributed by atoms with E-state index in [2.05, 4.69) is 41.0 Å². The molecule has 0 atom stereocenters. The summed E-state index contributed by atoms with van der Waals surface area (Å²) in [5, 5.41) is 3.05. The summed E-state index contributed by atoms with van der Waals surface area (Å²) in [6.07, 6.45) is 3.65. The van der Waals surface area contributed by atoms with E-state index in [1.807, 2.05) is 12.1 Å². The van der Waals surface area contributed by atoms with Crippen LogP contribution in [-0.2, 0) is 11.3 Å². The molecule has 29 heavy (non-hydrogen) atoms. The van der Waals surface area contributed by atoms with Crippen molar-refractivity contribution < 1.29 is 13.2 Å². The van der Waals surface area contributed by atoms with E-state index >= 15 is 8.78 Å². The van der Waals surface area contributed by atoms with Crippen LogP contribution in [0.2, 0.25) is 0 Å². The molecule has 1 aromatic carbocycles. The van der Waals surface area contributed by atoms with Crippen LogP contribution < -0.4 is 5.32 Å². The third kappa shape index (κ3) is 3.76. The molecule has 150 valence electrons. The summed E-state index contributed by atoms with van der Waals surface area (Å²) in [5.74, 6) is -3.85. The summed E-state index contributed by atoms with van der Waals surface area (Å²) < 4.78 is 44.2. The maximum absolute atomic E-state index is 15.2. The first-order valence-corrected chi connectivity index (χ1v) is 9.90. The first kappa shape index (κ1) is 19.6. The van der Waals surface area contributed by atoms with Gasteiger partial charge in [-0.05, 0) is 41.8 Å². The zero-order chi connectivity index (χ0) is 20.8. The van der Waals surface area contributed by atoms with E-state index in [1.54, 1.807) is 6.08 Å². The molecule has 4 nitrogen and oxygen atoms in total. The summed E-state index contributed by atoms with van der Waals surface area (Å²) in [4.78, 5) is 13.6. The fraction of sp³-hybridized carbons (Fsp3) is 0.286. The topological polar surface area (TPSA) is 50.2 Å². The number of fused-ring (bicyclic) bond motifs is 1. The van der Waals surface area contributed by atoms with E-state index in [-0.39, 0.29) is 16.8 Å². The Morgan fingerprint density at radius 3 is 2.41 bits per heavy atom. The molecule has 0 radical (unpaired) electrons. The van der Waals surface area contributed by atoms with Gasteiger partial charge in [0.05, 0.1) is 16.8 Å². The largest absolute Gasteiger partial charge is 0.331 e. The van der Waals surface area contributed by atoms with Gasteiger partial charge in [-0.15, -0.1) is 11.3 Å². The number of amidine groups is 1. The molecule has 1 N–H and O–H groups in total. The summed E-state index contributed by atoms with van der Waals surface area (Å²) in [6, 6.07) is 5.92. The molecule has 3 aromatic rings. The first-order valence-electron chi connectivity index (χ1n) is 9.09. The molecule has 0 bridgehead atoms. The molecule has 4 rings (SSSR count). The van der Waals surface area contributed by atoms with Crippen molar-refractivity contribution in [2.75, 3.05) is 11.9 Å². The van der Waals surface area contributed by atoms with Crippen LogP contribution in [0.3, 0.4) is 0 Å². The molecule has 0 amide bonds. The second-order valence-corrected chi connectivity index (χ2v) is 8.86. The van der Waals surface area contributed by atoms with E-state index in [0.717, 1.165) is 29.1 Å². The van der Waals surface area contributed by atoms with E-state index in [0.29, 0.717) is 22.6 Å². The molecule has 2 aromatic heterocycles. The van der Waals surface area contributed by atoms with Gasteiger partial charge in [0.15, 0.2) is 5.82 Å². The quantitative estimate of drug-likeness (QED) is 0.600. The first-order chi connectivity index (χ1) is 13.6. The van der Waals surface area contributed by atoms with Gasteiger partial charge in [0.25, 0.3) is 0 Å². The normalized spacial score (nSPS) is 14.5. The van der Waals surface area contributed by atoms with Crippen LogP contribution in [0.15, 0.2) is 47.5 Å². The highest BCUT2D eigenvalue weighted by Crippen LogP contribution is 2.40. The van der Waals surface area contributed by atoms with Gasteiger partial charge in [0.2, 0.25) is 5.82 Å². The van der Waals surface area contributed by atoms with Crippen molar-refractivity contribution in [1.29, 1.82) is 0 Å². The highest BCUT2D eigenvalue weighted by atomic mass is 32.1. The van der Waals surface area contributed by atoms with Gasteiger partial charge in [-0.2, -0.15) is 8.78 Å². The van der Waals surface area contributed by atoms with Crippen molar-refractivity contribution in [1.82, 2.24) is 9.97 Å². The summed E-state index contributed by atoms with van der Waals surface area (Å²) in [7, 11) is 0. The molecule has 8 heteroatoms. The number of nitrogens with one attached hydrogen (secondary N) is 1. The van der Waals surface area contributed by atoms with E-state index < -0.39 is 17.6 Å². The fourth-order valence-electron chi connectivity index (χ4n) is 2.88. The van der Waals surface area contributed by atoms with Gasteiger partial charge in [0.1, 0.15) is 11.7 Å². The molecule has 3 heterocycles. The van der Waals surface area contributed by atoms with Crippen LogP contribution in [0, 0.1) is 5.82 Å². The fourth-order valence-corrected chi connectivity index (χ4v) is 3.98. The molecule has 1 aliphatic heterocycles. The average molecular weight is 416 g/mol. The summed E-state index contributed by atoms with van der Waals surface area (Å²) in [5.41, 5.74) is -0.0853. The average Bonchev–Trinajstić information content (AvgIpc) is 3.31. The number of rotatable bonds is 3. The Labute approximate surface area is 170 Å². The van der Waals surface area contributed by atoms with Crippen molar-refractivity contribution in [3.05, 3.63) is 64.6 Å². The number of nitrogens with zero attached hydrogens (tertiary/aromatic N) is 3. The van der Waals surface area contributed by atoms with Gasteiger partial charge in [-0.3, -0.25) is 4.99 Å². The smallest absolute Gasteiger partial charge is 0.324 e. The zero-order valence-corrected chi connectivity index (χ0v) is 16.9. The highest BCUT2D eigenvalue weighted by molar-refractivity contribution is 7.19. The number of hydrogen-bond acceptors (Lipinski definition) is 5. The van der Waals surface area contributed by atoms with Crippen LogP contribution in [-0.4, -0.2) is 22.3 Å². The molecule has 0 spiro atoms. The Morgan fingerprint density at radius 1 is 1.07 bits per heavy atom. The minimum Gasteiger partial charge on any atom is -0.324 e. The van der Waals surface area contributed by atoms with E-state index in [4.69, 9.17) is 0 Å². The van der Waals surface area contributed by atoms with Gasteiger partial charge in [-0.1, -0.05) is 26.8 Å². The maximum Gasteiger partial charge on any atom is 0.331 e. The number of thiophene rings is 1. The van der Waals surface area contributed by atoms with Crippen LogP contribution in [0.1, 0.15) is 37.0 Å². The molecule has 0 fully saturated rings. The number of hydrogen-bond donors (Lipinski definition) is 1. The van der Waals surface area contributed by atoms with Crippen LogP contribution in [0.25, 0.3) is 10.2 Å². The lowest BCUT2D eigenvalue weighted by molar-refractivity contribution is 0.0333. The molecular formula is C21H19F3N4S. The number of aromatic nitrogens is 2. The van der Waals surface area contributed by atoms with Crippen LogP contribution in [0.5, 0.6) is 0 Å². The van der Waals surface area contributed by atoms with E-state index in [1.165, 1.54) is 11.3 Å². The molecular weight excluding hydrogens is 397 g/mol. The number of anilines is 1. The summed E-state index contributed by atoms with van der Waals surface area (Å²) >= 11 is 1.47. The van der Waals surface area contributed by atoms with Gasteiger partial charge in [-0.25, -0.2) is 14.4 Å². The standard InChI is InChI=1S/C21H19F3N4S/c1-20(2,3)15-11-14-17(29-15)18(27-16-5-4-10-25-16)28-19(26-14)21(23,24)12-6-8-13(22)9-7-12/h4-9,11H,10H2,1-3H3,(H,25,26,27,28). The molecule has 0 aliphatic carbocycles. The van der Waals surface area contributed by atoms with E-state index in [9.17, 15) is 4.39 Å². The van der Waals surface area contributed by atoms with Crippen LogP contribution >= 0.6 is 11.3 Å². The monoisotopic (exact) mass is 416 g/mol. The second kappa shape index (κ2) is 6.95. The molecule has 1 aliphatic rings. The lowest BCUT2D eigenvalue weighted by atomic mass is 9.95. The predicted octanol–water partition coefficient (Wildman–Crippen LogP) is 5.65. The Hall–Kier alpha value is -2.74. The minimum atomic E-state index is -3.48. The van der Waals surface area contributed by atoms with Crippen molar-refractivity contribution in [2.45, 2.75) is 32.1 Å². The van der Waals surface area contributed by atoms with Crippen molar-refractivity contribution >= 4 is 33.2 Å². The van der Waals surface area contributed by atoms with Gasteiger partial charge >= 0.3 is 5.92 Å². The second-order valence-electron chi connectivity index (χ2n) is 7.81. The minimum absolute atomic E-state index is 0.160. The molecule has 0 saturated heterocycles. The van der Waals surface area contributed by atoms with Crippen LogP contribution in [0.4, 0.5) is 19.0 Å². The molecule has 0 unspecified atom stereocenters. The number of aliphatic imine (C=N–C) groups is 1. The van der Waals surface area contributed by atoms with Crippen molar-refractivity contribution in [3.63, 3.8) is 0 Å². The molecule has 0 saturated carbocycles. The SMILES string of the molecule is CC(C)(C)c1cc2nc(C(F)(F)c3ccc(F)cc3)nc(NC3=NCC=C3)c2s1. The van der Waals surface area contributed by atoms with Gasteiger partial charge < -0.3 is 5.32 Å². The summed E-state index contributed by atoms with van der Waals surface area (Å²) in [6.45, 7) is 6.69. The van der Waals surface area contributed by atoms with Crippen molar-refractivity contribution in [2.24, 2.45) is 4.99 Å². The lowest BCUT2D eigenvalue weighted by Crippen LogP contribution is -2.21. The van der Waals surface area contributed by atoms with Gasteiger partial charge in [0, 0.05) is 10.4 Å². The number of alkyl halides is 2. The lowest BCUT2D eigenvalue weighted by Gasteiger charge is -2.16. The Morgan fingerprint density at radius 2 is 1.79 bits per heavy atom. The Kier molecular flexibility index (Phi) is 4.69. The number of halogens is 3. The third-order valence-electron chi connectivity index (χ3n) is 4.49. The third-order valence-corrected chi connectivity index (χ3v) is 6.04. The highest BCUT2D eigenvalue weighted by Gasteiger charge is 2.38. The van der Waals surface area contributed by atoms with Crippen molar-refractivity contribution in [3.8, 4) is 0 Å². The predicted molar refractivity (Wildman–Crippen MR) is 111 cm³/mol. The Bertz CT molecular complexity index is 1130. The number of benzene rings is 1. The Balaban J connectivity index is 1.87. The maximum atomic E-state index is 15.2.